The number of hydrogen-bond acceptors (Lipinski definition) is 2. The van der Waals surface area contributed by atoms with Gasteiger partial charge in [0.25, 0.3) is 0 Å². The largest absolute Gasteiger partial charge is 0.324 e. The highest BCUT2D eigenvalue weighted by molar-refractivity contribution is 5.87. The number of pyridine rings is 1. The molecule has 0 radical (unpaired) electrons. The lowest BCUT2D eigenvalue weighted by Crippen LogP contribution is -2.09. The number of rotatable bonds is 2. The number of fused-ring (bicyclic) bond motifs is 1. The Kier molecular flexibility index (Phi) is 3.40. The van der Waals surface area contributed by atoms with Crippen molar-refractivity contribution in [2.75, 3.05) is 0 Å². The molecular weight excluding hydrogens is 220 g/mol. The van der Waals surface area contributed by atoms with Crippen molar-refractivity contribution in [2.45, 2.75) is 46.6 Å². The molecule has 96 valence electrons. The molecular formula is C16H22N2. The van der Waals surface area contributed by atoms with Gasteiger partial charge in [-0.05, 0) is 55.5 Å². The monoisotopic (exact) mass is 242 g/mol. The number of benzene rings is 1. The first-order valence-electron chi connectivity index (χ1n) is 6.57. The molecule has 0 aliphatic heterocycles. The third kappa shape index (κ3) is 2.25. The molecule has 2 rings (SSSR count). The fraction of sp³-hybridized carbons (Fsp3) is 0.438. The predicted molar refractivity (Wildman–Crippen MR) is 77.9 cm³/mol. The van der Waals surface area contributed by atoms with Crippen molar-refractivity contribution >= 4 is 10.9 Å². The van der Waals surface area contributed by atoms with E-state index in [4.69, 9.17) is 10.7 Å². The summed E-state index contributed by atoms with van der Waals surface area (Å²) >= 11 is 0. The molecule has 0 aliphatic rings. The van der Waals surface area contributed by atoms with Crippen LogP contribution in [0.15, 0.2) is 18.2 Å². The molecule has 2 heteroatoms. The summed E-state index contributed by atoms with van der Waals surface area (Å²) in [7, 11) is 0. The predicted octanol–water partition coefficient (Wildman–Crippen LogP) is 3.99. The van der Waals surface area contributed by atoms with Gasteiger partial charge in [0, 0.05) is 17.1 Å². The maximum atomic E-state index is 6.13. The van der Waals surface area contributed by atoms with Crippen LogP contribution in [-0.4, -0.2) is 4.98 Å². The molecule has 0 saturated carbocycles. The third-order valence-electron chi connectivity index (χ3n) is 3.38. The summed E-state index contributed by atoms with van der Waals surface area (Å²) in [6.07, 6.45) is 0. The van der Waals surface area contributed by atoms with Gasteiger partial charge < -0.3 is 5.73 Å². The van der Waals surface area contributed by atoms with Crippen molar-refractivity contribution in [1.82, 2.24) is 4.98 Å². The lowest BCUT2D eigenvalue weighted by Gasteiger charge is -2.16. The van der Waals surface area contributed by atoms with E-state index in [1.54, 1.807) is 0 Å². The number of nitrogens with two attached hydrogens (primary N) is 1. The molecule has 0 amide bonds. The van der Waals surface area contributed by atoms with Gasteiger partial charge in [-0.1, -0.05) is 19.9 Å². The molecule has 0 saturated heterocycles. The van der Waals surface area contributed by atoms with Gasteiger partial charge in [-0.2, -0.15) is 0 Å². The molecule has 0 spiro atoms. The van der Waals surface area contributed by atoms with E-state index in [1.807, 2.05) is 6.92 Å². The van der Waals surface area contributed by atoms with Crippen LogP contribution in [0.3, 0.4) is 0 Å². The summed E-state index contributed by atoms with van der Waals surface area (Å²) < 4.78 is 0. The minimum absolute atomic E-state index is 0.0365. The van der Waals surface area contributed by atoms with Gasteiger partial charge in [-0.25, -0.2) is 0 Å². The number of nitrogens with zero attached hydrogens (tertiary/aromatic N) is 1. The normalized spacial score (nSPS) is 13.3. The van der Waals surface area contributed by atoms with Gasteiger partial charge in [0.15, 0.2) is 0 Å². The summed E-state index contributed by atoms with van der Waals surface area (Å²) in [4.78, 5) is 4.78. The molecule has 2 nitrogen and oxygen atoms in total. The van der Waals surface area contributed by atoms with Crippen molar-refractivity contribution in [3.05, 3.63) is 40.6 Å². The Morgan fingerprint density at radius 2 is 1.72 bits per heavy atom. The van der Waals surface area contributed by atoms with Crippen LogP contribution >= 0.6 is 0 Å². The Balaban J connectivity index is 2.85. The standard InChI is InChI=1S/C16H22N2/c1-9(2)14-8-13(12(5)17)16-11(4)6-10(3)7-15(16)18-14/h6-9,12H,17H2,1-5H3. The van der Waals surface area contributed by atoms with Crippen molar-refractivity contribution in [3.63, 3.8) is 0 Å². The molecule has 2 aromatic rings. The third-order valence-corrected chi connectivity index (χ3v) is 3.38. The van der Waals surface area contributed by atoms with Crippen LogP contribution in [0.1, 0.15) is 55.1 Å². The first-order chi connectivity index (χ1) is 8.40. The fourth-order valence-corrected chi connectivity index (χ4v) is 2.47. The molecule has 0 bridgehead atoms. The summed E-state index contributed by atoms with van der Waals surface area (Å²) in [5.74, 6) is 0.424. The smallest absolute Gasteiger partial charge is 0.0714 e. The second-order valence-corrected chi connectivity index (χ2v) is 5.56. The van der Waals surface area contributed by atoms with E-state index in [0.29, 0.717) is 5.92 Å². The fourth-order valence-electron chi connectivity index (χ4n) is 2.47. The van der Waals surface area contributed by atoms with Crippen LogP contribution in [0.25, 0.3) is 10.9 Å². The second-order valence-electron chi connectivity index (χ2n) is 5.56. The SMILES string of the molecule is Cc1cc(C)c2c(C(C)N)cc(C(C)C)nc2c1. The minimum atomic E-state index is 0.0365. The molecule has 1 atom stereocenters. The van der Waals surface area contributed by atoms with E-state index in [1.165, 1.54) is 22.1 Å². The van der Waals surface area contributed by atoms with Crippen LogP contribution in [0.2, 0.25) is 0 Å². The molecule has 18 heavy (non-hydrogen) atoms. The van der Waals surface area contributed by atoms with Crippen LogP contribution in [-0.2, 0) is 0 Å². The van der Waals surface area contributed by atoms with Crippen molar-refractivity contribution in [1.29, 1.82) is 0 Å². The Hall–Kier alpha value is -1.41. The van der Waals surface area contributed by atoms with Gasteiger partial charge in [0.1, 0.15) is 0 Å². The Morgan fingerprint density at radius 1 is 1.06 bits per heavy atom. The lowest BCUT2D eigenvalue weighted by atomic mass is 9.95. The molecule has 1 unspecified atom stereocenters. The minimum Gasteiger partial charge on any atom is -0.324 e. The zero-order valence-electron chi connectivity index (χ0n) is 11.9. The molecule has 0 fully saturated rings. The van der Waals surface area contributed by atoms with Crippen molar-refractivity contribution in [2.24, 2.45) is 5.73 Å². The molecule has 1 aromatic heterocycles. The van der Waals surface area contributed by atoms with Gasteiger partial charge in [-0.15, -0.1) is 0 Å². The van der Waals surface area contributed by atoms with E-state index >= 15 is 0 Å². The van der Waals surface area contributed by atoms with Gasteiger partial charge in [-0.3, -0.25) is 4.98 Å². The number of aryl methyl sites for hydroxylation is 2. The second kappa shape index (κ2) is 4.69. The Morgan fingerprint density at radius 3 is 2.28 bits per heavy atom. The maximum Gasteiger partial charge on any atom is 0.0714 e. The van der Waals surface area contributed by atoms with E-state index in [0.717, 1.165) is 11.2 Å². The number of hydrogen-bond donors (Lipinski definition) is 1. The molecule has 1 aromatic carbocycles. The highest BCUT2D eigenvalue weighted by Gasteiger charge is 2.13. The highest BCUT2D eigenvalue weighted by atomic mass is 14.7. The average molecular weight is 242 g/mol. The van der Waals surface area contributed by atoms with Crippen molar-refractivity contribution in [3.8, 4) is 0 Å². The maximum absolute atomic E-state index is 6.13. The molecule has 2 N–H and O–H groups in total. The van der Waals surface area contributed by atoms with E-state index in [9.17, 15) is 0 Å². The Bertz CT molecular complexity index is 583. The van der Waals surface area contributed by atoms with Crippen LogP contribution in [0.5, 0.6) is 0 Å². The average Bonchev–Trinajstić information content (AvgIpc) is 2.26. The summed E-state index contributed by atoms with van der Waals surface area (Å²) in [5.41, 5.74) is 12.1. The number of aromatic nitrogens is 1. The van der Waals surface area contributed by atoms with Crippen LogP contribution in [0.4, 0.5) is 0 Å². The van der Waals surface area contributed by atoms with Gasteiger partial charge >= 0.3 is 0 Å². The van der Waals surface area contributed by atoms with Crippen LogP contribution < -0.4 is 5.73 Å². The first kappa shape index (κ1) is 13.0. The summed E-state index contributed by atoms with van der Waals surface area (Å²) in [6.45, 7) is 10.6. The van der Waals surface area contributed by atoms with E-state index in [2.05, 4.69) is 45.9 Å². The van der Waals surface area contributed by atoms with Gasteiger partial charge in [0.05, 0.1) is 5.52 Å². The topological polar surface area (TPSA) is 38.9 Å². The summed E-state index contributed by atoms with van der Waals surface area (Å²) in [5, 5.41) is 1.22. The molecule has 1 heterocycles. The van der Waals surface area contributed by atoms with Crippen LogP contribution in [0, 0.1) is 13.8 Å². The zero-order chi connectivity index (χ0) is 13.4. The highest BCUT2D eigenvalue weighted by Crippen LogP contribution is 2.29. The summed E-state index contributed by atoms with van der Waals surface area (Å²) in [6, 6.07) is 6.56. The van der Waals surface area contributed by atoms with E-state index < -0.39 is 0 Å². The quantitative estimate of drug-likeness (QED) is 0.864. The molecule has 0 aliphatic carbocycles. The Labute approximate surface area is 109 Å². The first-order valence-corrected chi connectivity index (χ1v) is 6.57. The zero-order valence-corrected chi connectivity index (χ0v) is 11.9. The van der Waals surface area contributed by atoms with Crippen molar-refractivity contribution < 1.29 is 0 Å². The lowest BCUT2D eigenvalue weighted by molar-refractivity contribution is 0.794. The van der Waals surface area contributed by atoms with E-state index in [-0.39, 0.29) is 6.04 Å². The van der Waals surface area contributed by atoms with Gasteiger partial charge in [0.2, 0.25) is 0 Å².